The van der Waals surface area contributed by atoms with E-state index >= 15 is 0 Å². The molecular weight excluding hydrogens is 160 g/mol. The van der Waals surface area contributed by atoms with Gasteiger partial charge >= 0.3 is 0 Å². The van der Waals surface area contributed by atoms with Gasteiger partial charge in [0.25, 0.3) is 0 Å². The second kappa shape index (κ2) is 3.11. The fraction of sp³-hybridized carbons (Fsp3) is 0.545. The van der Waals surface area contributed by atoms with E-state index in [1.54, 1.807) is 0 Å². The van der Waals surface area contributed by atoms with Gasteiger partial charge in [0.05, 0.1) is 0 Å². The number of pyridine rings is 1. The van der Waals surface area contributed by atoms with Crippen molar-refractivity contribution in [1.29, 1.82) is 0 Å². The fourth-order valence-electron chi connectivity index (χ4n) is 2.50. The molecule has 0 spiro atoms. The van der Waals surface area contributed by atoms with Crippen molar-refractivity contribution < 1.29 is 0 Å². The molecule has 0 atom stereocenters. The zero-order chi connectivity index (χ0) is 9.31. The lowest BCUT2D eigenvalue weighted by Gasteiger charge is -2.46. The van der Waals surface area contributed by atoms with Crippen LogP contribution in [0.5, 0.6) is 0 Å². The van der Waals surface area contributed by atoms with Gasteiger partial charge in [0.1, 0.15) is 0 Å². The van der Waals surface area contributed by atoms with E-state index in [-0.39, 0.29) is 5.41 Å². The van der Waals surface area contributed by atoms with Crippen LogP contribution in [0.4, 0.5) is 0 Å². The van der Waals surface area contributed by atoms with Crippen molar-refractivity contribution in [2.75, 3.05) is 6.54 Å². The summed E-state index contributed by atoms with van der Waals surface area (Å²) in [5.41, 5.74) is 7.47. The summed E-state index contributed by atoms with van der Waals surface area (Å²) < 4.78 is 0. The van der Waals surface area contributed by atoms with Gasteiger partial charge in [-0.05, 0) is 36.5 Å². The predicted octanol–water partition coefficient (Wildman–Crippen LogP) is 1.71. The lowest BCUT2D eigenvalue weighted by molar-refractivity contribution is 0.164. The summed E-state index contributed by atoms with van der Waals surface area (Å²) in [6.45, 7) is 3.05. The minimum absolute atomic E-state index is 0.266. The second-order valence-corrected chi connectivity index (χ2v) is 4.23. The smallest absolute Gasteiger partial charge is 0.0270 e. The van der Waals surface area contributed by atoms with Gasteiger partial charge in [0.2, 0.25) is 0 Å². The maximum Gasteiger partial charge on any atom is 0.0270 e. The molecule has 0 saturated heterocycles. The second-order valence-electron chi connectivity index (χ2n) is 4.23. The van der Waals surface area contributed by atoms with E-state index in [9.17, 15) is 0 Å². The van der Waals surface area contributed by atoms with Crippen molar-refractivity contribution in [2.24, 2.45) is 11.7 Å². The van der Waals surface area contributed by atoms with Crippen LogP contribution in [0, 0.1) is 5.92 Å². The third-order valence-corrected chi connectivity index (χ3v) is 3.16. The first-order chi connectivity index (χ1) is 6.27. The third kappa shape index (κ3) is 1.35. The highest BCUT2D eigenvalue weighted by atomic mass is 14.7. The first-order valence-corrected chi connectivity index (χ1v) is 4.87. The lowest BCUT2D eigenvalue weighted by Crippen LogP contribution is -2.46. The molecule has 0 aromatic carbocycles. The van der Waals surface area contributed by atoms with Crippen molar-refractivity contribution in [1.82, 2.24) is 4.98 Å². The monoisotopic (exact) mass is 176 g/mol. The number of hydrogen-bond acceptors (Lipinski definition) is 2. The molecule has 1 fully saturated rings. The molecule has 0 bridgehead atoms. The molecule has 1 aromatic rings. The molecule has 70 valence electrons. The van der Waals surface area contributed by atoms with E-state index in [1.165, 1.54) is 18.4 Å². The number of hydrogen-bond donors (Lipinski definition) is 1. The van der Waals surface area contributed by atoms with Crippen molar-refractivity contribution >= 4 is 0 Å². The predicted molar refractivity (Wildman–Crippen MR) is 53.4 cm³/mol. The highest BCUT2D eigenvalue weighted by molar-refractivity contribution is 5.27. The van der Waals surface area contributed by atoms with Crippen LogP contribution in [0.2, 0.25) is 0 Å². The Balaban J connectivity index is 2.24. The standard InChI is InChI=1S/C11H16N2/c1-9-6-11(7-9,8-12)10-2-4-13-5-3-10/h2-5,9H,6-8,12H2,1H3. The Morgan fingerprint density at radius 3 is 2.54 bits per heavy atom. The minimum atomic E-state index is 0.266. The summed E-state index contributed by atoms with van der Waals surface area (Å²) in [5, 5.41) is 0. The summed E-state index contributed by atoms with van der Waals surface area (Å²) in [5.74, 6) is 0.830. The maximum atomic E-state index is 5.84. The van der Waals surface area contributed by atoms with Gasteiger partial charge in [0.15, 0.2) is 0 Å². The zero-order valence-corrected chi connectivity index (χ0v) is 8.03. The molecule has 0 unspecified atom stereocenters. The van der Waals surface area contributed by atoms with Gasteiger partial charge in [-0.1, -0.05) is 6.92 Å². The third-order valence-electron chi connectivity index (χ3n) is 3.16. The van der Waals surface area contributed by atoms with E-state index in [0.717, 1.165) is 12.5 Å². The Morgan fingerprint density at radius 1 is 1.46 bits per heavy atom. The van der Waals surface area contributed by atoms with Crippen LogP contribution in [0.25, 0.3) is 0 Å². The van der Waals surface area contributed by atoms with Gasteiger partial charge in [0, 0.05) is 24.4 Å². The summed E-state index contributed by atoms with van der Waals surface area (Å²) in [6, 6.07) is 4.19. The number of aromatic nitrogens is 1. The van der Waals surface area contributed by atoms with Crippen molar-refractivity contribution in [3.8, 4) is 0 Å². The first kappa shape index (κ1) is 8.70. The Kier molecular flexibility index (Phi) is 2.08. The lowest BCUT2D eigenvalue weighted by atomic mass is 9.59. The van der Waals surface area contributed by atoms with Gasteiger partial charge in [-0.25, -0.2) is 0 Å². The zero-order valence-electron chi connectivity index (χ0n) is 8.03. The van der Waals surface area contributed by atoms with Crippen LogP contribution in [-0.4, -0.2) is 11.5 Å². The van der Waals surface area contributed by atoms with Crippen LogP contribution in [0.1, 0.15) is 25.3 Å². The molecule has 0 aliphatic heterocycles. The highest BCUT2D eigenvalue weighted by Gasteiger charge is 2.41. The number of nitrogens with zero attached hydrogens (tertiary/aromatic N) is 1. The van der Waals surface area contributed by atoms with Gasteiger partial charge in [-0.3, -0.25) is 4.98 Å². The van der Waals surface area contributed by atoms with E-state index < -0.39 is 0 Å². The first-order valence-electron chi connectivity index (χ1n) is 4.87. The van der Waals surface area contributed by atoms with Crippen molar-refractivity contribution in [3.05, 3.63) is 30.1 Å². The van der Waals surface area contributed by atoms with Crippen LogP contribution in [0.15, 0.2) is 24.5 Å². The van der Waals surface area contributed by atoms with E-state index in [2.05, 4.69) is 24.0 Å². The Bertz CT molecular complexity index is 275. The van der Waals surface area contributed by atoms with E-state index in [4.69, 9.17) is 5.73 Å². The average molecular weight is 176 g/mol. The highest BCUT2D eigenvalue weighted by Crippen LogP contribution is 2.46. The molecule has 0 amide bonds. The molecule has 13 heavy (non-hydrogen) atoms. The summed E-state index contributed by atoms with van der Waals surface area (Å²) >= 11 is 0. The maximum absolute atomic E-state index is 5.84. The molecule has 1 saturated carbocycles. The molecular formula is C11H16N2. The van der Waals surface area contributed by atoms with Gasteiger partial charge in [-0.15, -0.1) is 0 Å². The SMILES string of the molecule is CC1CC(CN)(c2ccncc2)C1. The fourth-order valence-corrected chi connectivity index (χ4v) is 2.50. The molecule has 1 aliphatic rings. The molecule has 2 N–H and O–H groups in total. The summed E-state index contributed by atoms with van der Waals surface area (Å²) in [4.78, 5) is 4.03. The van der Waals surface area contributed by atoms with Crippen LogP contribution < -0.4 is 5.73 Å². The molecule has 1 aliphatic carbocycles. The molecule has 0 radical (unpaired) electrons. The quantitative estimate of drug-likeness (QED) is 0.745. The van der Waals surface area contributed by atoms with Crippen LogP contribution >= 0.6 is 0 Å². The summed E-state index contributed by atoms with van der Waals surface area (Å²) in [7, 11) is 0. The molecule has 1 heterocycles. The Morgan fingerprint density at radius 2 is 2.08 bits per heavy atom. The van der Waals surface area contributed by atoms with Crippen LogP contribution in [0.3, 0.4) is 0 Å². The number of nitrogens with two attached hydrogens (primary N) is 1. The van der Waals surface area contributed by atoms with Gasteiger partial charge in [-0.2, -0.15) is 0 Å². The minimum Gasteiger partial charge on any atom is -0.330 e. The Labute approximate surface area is 79.2 Å². The topological polar surface area (TPSA) is 38.9 Å². The van der Waals surface area contributed by atoms with Crippen molar-refractivity contribution in [2.45, 2.75) is 25.2 Å². The Hall–Kier alpha value is -0.890. The van der Waals surface area contributed by atoms with Crippen molar-refractivity contribution in [3.63, 3.8) is 0 Å². The number of rotatable bonds is 2. The average Bonchev–Trinajstić information content (AvgIpc) is 2.14. The van der Waals surface area contributed by atoms with Gasteiger partial charge < -0.3 is 5.73 Å². The largest absolute Gasteiger partial charge is 0.330 e. The molecule has 1 aromatic heterocycles. The molecule has 2 heteroatoms. The van der Waals surface area contributed by atoms with E-state index in [1.807, 2.05) is 12.4 Å². The van der Waals surface area contributed by atoms with Crippen LogP contribution in [-0.2, 0) is 5.41 Å². The summed E-state index contributed by atoms with van der Waals surface area (Å²) in [6.07, 6.45) is 6.17. The molecule has 2 nitrogen and oxygen atoms in total. The normalized spacial score (nSPS) is 32.6. The van der Waals surface area contributed by atoms with E-state index in [0.29, 0.717) is 0 Å². The molecule has 2 rings (SSSR count).